The molecular weight excluding hydrogens is 385 g/mol. The molecule has 0 saturated heterocycles. The van der Waals surface area contributed by atoms with Gasteiger partial charge in [0.05, 0.1) is 30.2 Å². The van der Waals surface area contributed by atoms with Crippen LogP contribution in [0.1, 0.15) is 27.7 Å². The summed E-state index contributed by atoms with van der Waals surface area (Å²) in [5.41, 5.74) is 0.796. The van der Waals surface area contributed by atoms with Gasteiger partial charge < -0.3 is 10.1 Å². The van der Waals surface area contributed by atoms with E-state index in [0.717, 1.165) is 11.3 Å². The van der Waals surface area contributed by atoms with Crippen molar-refractivity contribution in [2.24, 2.45) is 0 Å². The van der Waals surface area contributed by atoms with E-state index < -0.39 is 17.9 Å². The number of amides is 1. The van der Waals surface area contributed by atoms with Gasteiger partial charge in [-0.05, 0) is 37.1 Å². The van der Waals surface area contributed by atoms with Crippen LogP contribution in [0.2, 0.25) is 0 Å². The minimum absolute atomic E-state index is 0.162. The minimum atomic E-state index is -0.820. The normalized spacial score (nSPS) is 12.0. The highest BCUT2D eigenvalue weighted by Gasteiger charge is 2.23. The van der Waals surface area contributed by atoms with Gasteiger partial charge in [-0.1, -0.05) is 12.1 Å². The number of methoxy groups -OCH3 is 1. The molecule has 3 aromatic rings. The Morgan fingerprint density at radius 2 is 2.14 bits per heavy atom. The molecule has 1 aromatic carbocycles. The molecule has 0 spiro atoms. The summed E-state index contributed by atoms with van der Waals surface area (Å²) in [4.78, 5) is 41.9. The number of aryl methyl sites for hydroxylation is 1. The molecule has 1 atom stereocenters. The van der Waals surface area contributed by atoms with Gasteiger partial charge in [0.15, 0.2) is 0 Å². The summed E-state index contributed by atoms with van der Waals surface area (Å²) in [6, 6.07) is 5.15. The Morgan fingerprint density at radius 3 is 2.82 bits per heavy atom. The minimum Gasteiger partial charge on any atom is -0.467 e. The molecule has 0 aliphatic rings. The summed E-state index contributed by atoms with van der Waals surface area (Å²) in [7, 11) is 1.24. The molecule has 1 N–H and O–H groups in total. The number of esters is 1. The number of hydrogen-bond acceptors (Lipinski definition) is 6. The number of ether oxygens (including phenoxy) is 1. The van der Waals surface area contributed by atoms with Crippen molar-refractivity contribution in [1.82, 2.24) is 14.9 Å². The molecule has 0 fully saturated rings. The van der Waals surface area contributed by atoms with Crippen LogP contribution in [0.25, 0.3) is 10.2 Å². The van der Waals surface area contributed by atoms with Crippen LogP contribution >= 0.6 is 11.3 Å². The van der Waals surface area contributed by atoms with E-state index in [1.54, 1.807) is 19.1 Å². The standard InChI is InChI=1S/C19H18FN3O4S/c1-10-14-17(28-15(10)16(24)22-11(2)19(26)27-3)21-9-23(18(14)25)8-12-5-4-6-13(20)7-12/h4-7,9,11H,8H2,1-3H3,(H,22,24)/t11-/m0/s1. The molecular formula is C19H18FN3O4S. The van der Waals surface area contributed by atoms with E-state index in [0.29, 0.717) is 26.2 Å². The summed E-state index contributed by atoms with van der Waals surface area (Å²) in [5, 5.41) is 2.88. The highest BCUT2D eigenvalue weighted by atomic mass is 32.1. The topological polar surface area (TPSA) is 90.3 Å². The van der Waals surface area contributed by atoms with E-state index in [2.05, 4.69) is 15.0 Å². The van der Waals surface area contributed by atoms with Crippen LogP contribution in [0.3, 0.4) is 0 Å². The molecule has 0 bridgehead atoms. The van der Waals surface area contributed by atoms with Gasteiger partial charge >= 0.3 is 5.97 Å². The Kier molecular flexibility index (Phi) is 5.55. The molecule has 0 aliphatic carbocycles. The molecule has 3 rings (SSSR count). The number of fused-ring (bicyclic) bond motifs is 1. The molecule has 7 nitrogen and oxygen atoms in total. The summed E-state index contributed by atoms with van der Waals surface area (Å²) in [5.74, 6) is -1.43. The molecule has 0 unspecified atom stereocenters. The van der Waals surface area contributed by atoms with E-state index in [4.69, 9.17) is 0 Å². The number of nitrogens with one attached hydrogen (secondary N) is 1. The van der Waals surface area contributed by atoms with Crippen LogP contribution in [-0.4, -0.2) is 34.6 Å². The van der Waals surface area contributed by atoms with Crippen molar-refractivity contribution in [2.45, 2.75) is 26.4 Å². The smallest absolute Gasteiger partial charge is 0.328 e. The van der Waals surface area contributed by atoms with Gasteiger partial charge in [0.2, 0.25) is 0 Å². The average molecular weight is 403 g/mol. The summed E-state index contributed by atoms with van der Waals surface area (Å²) in [6.07, 6.45) is 1.38. The van der Waals surface area contributed by atoms with Crippen LogP contribution in [0.5, 0.6) is 0 Å². The zero-order chi connectivity index (χ0) is 20.4. The summed E-state index contributed by atoms with van der Waals surface area (Å²) < 4.78 is 19.4. The third-order valence-electron chi connectivity index (χ3n) is 4.27. The largest absolute Gasteiger partial charge is 0.467 e. The maximum Gasteiger partial charge on any atom is 0.328 e. The maximum atomic E-state index is 13.4. The fourth-order valence-electron chi connectivity index (χ4n) is 2.82. The van der Waals surface area contributed by atoms with Crippen LogP contribution in [0, 0.1) is 12.7 Å². The lowest BCUT2D eigenvalue weighted by Crippen LogP contribution is -2.39. The molecule has 28 heavy (non-hydrogen) atoms. The zero-order valence-electron chi connectivity index (χ0n) is 15.5. The summed E-state index contributed by atoms with van der Waals surface area (Å²) >= 11 is 1.08. The number of nitrogens with zero attached hydrogens (tertiary/aromatic N) is 2. The molecule has 146 valence electrons. The second-order valence-corrected chi connectivity index (χ2v) is 7.26. The van der Waals surface area contributed by atoms with Gasteiger partial charge in [-0.3, -0.25) is 14.2 Å². The number of thiophene rings is 1. The molecule has 0 saturated carbocycles. The Balaban J connectivity index is 1.95. The summed E-state index contributed by atoms with van der Waals surface area (Å²) in [6.45, 7) is 3.33. The van der Waals surface area contributed by atoms with E-state index in [1.165, 1.54) is 37.1 Å². The van der Waals surface area contributed by atoms with Gasteiger partial charge in [-0.2, -0.15) is 0 Å². The van der Waals surface area contributed by atoms with E-state index in [9.17, 15) is 18.8 Å². The maximum absolute atomic E-state index is 13.4. The van der Waals surface area contributed by atoms with Crippen molar-refractivity contribution < 1.29 is 18.7 Å². The first-order valence-electron chi connectivity index (χ1n) is 8.43. The molecule has 2 aromatic heterocycles. The van der Waals surface area contributed by atoms with Gasteiger partial charge in [-0.15, -0.1) is 11.3 Å². The van der Waals surface area contributed by atoms with Crippen molar-refractivity contribution >= 4 is 33.4 Å². The van der Waals surface area contributed by atoms with Gasteiger partial charge in [0, 0.05) is 0 Å². The highest BCUT2D eigenvalue weighted by Crippen LogP contribution is 2.27. The van der Waals surface area contributed by atoms with Crippen LogP contribution in [-0.2, 0) is 16.1 Å². The number of benzene rings is 1. The second kappa shape index (κ2) is 7.89. The lowest BCUT2D eigenvalue weighted by atomic mass is 10.2. The fourth-order valence-corrected chi connectivity index (χ4v) is 3.86. The number of hydrogen-bond donors (Lipinski definition) is 1. The van der Waals surface area contributed by atoms with Crippen molar-refractivity contribution in [3.05, 3.63) is 62.8 Å². The SMILES string of the molecule is COC(=O)[C@H](C)NC(=O)c1sc2ncn(Cc3cccc(F)c3)c(=O)c2c1C. The second-order valence-electron chi connectivity index (χ2n) is 6.26. The molecule has 0 aliphatic heterocycles. The van der Waals surface area contributed by atoms with E-state index in [1.807, 2.05) is 0 Å². The first-order valence-corrected chi connectivity index (χ1v) is 9.25. The number of carbonyl (C=O) groups is 2. The number of halogens is 1. The quantitative estimate of drug-likeness (QED) is 0.660. The zero-order valence-corrected chi connectivity index (χ0v) is 16.3. The predicted molar refractivity (Wildman–Crippen MR) is 103 cm³/mol. The van der Waals surface area contributed by atoms with Gasteiger partial charge in [0.25, 0.3) is 11.5 Å². The highest BCUT2D eigenvalue weighted by molar-refractivity contribution is 7.20. The van der Waals surface area contributed by atoms with Crippen molar-refractivity contribution in [3.8, 4) is 0 Å². The third kappa shape index (κ3) is 3.79. The average Bonchev–Trinajstić information content (AvgIpc) is 3.00. The van der Waals surface area contributed by atoms with Crippen LogP contribution in [0.15, 0.2) is 35.4 Å². The molecule has 9 heteroatoms. The Hall–Kier alpha value is -3.07. The van der Waals surface area contributed by atoms with Crippen molar-refractivity contribution in [2.75, 3.05) is 7.11 Å². The number of carbonyl (C=O) groups excluding carboxylic acids is 2. The van der Waals surface area contributed by atoms with Crippen LogP contribution < -0.4 is 10.9 Å². The van der Waals surface area contributed by atoms with Gasteiger partial charge in [0.1, 0.15) is 16.7 Å². The number of aromatic nitrogens is 2. The Morgan fingerprint density at radius 1 is 1.39 bits per heavy atom. The van der Waals surface area contributed by atoms with Gasteiger partial charge in [-0.25, -0.2) is 14.2 Å². The van der Waals surface area contributed by atoms with Crippen LogP contribution in [0.4, 0.5) is 4.39 Å². The van der Waals surface area contributed by atoms with Crippen molar-refractivity contribution in [3.63, 3.8) is 0 Å². The third-order valence-corrected chi connectivity index (χ3v) is 5.47. The lowest BCUT2D eigenvalue weighted by molar-refractivity contribution is -0.142. The predicted octanol–water partition coefficient (Wildman–Crippen LogP) is 2.25. The molecule has 2 heterocycles. The first-order chi connectivity index (χ1) is 13.3. The van der Waals surface area contributed by atoms with E-state index in [-0.39, 0.29) is 17.9 Å². The van der Waals surface area contributed by atoms with Crippen molar-refractivity contribution in [1.29, 1.82) is 0 Å². The van der Waals surface area contributed by atoms with E-state index >= 15 is 0 Å². The molecule has 0 radical (unpaired) electrons. The fraction of sp³-hybridized carbons (Fsp3) is 0.263. The molecule has 1 amide bonds. The first kappa shape index (κ1) is 19.7. The lowest BCUT2D eigenvalue weighted by Gasteiger charge is -2.10. The Bertz CT molecular complexity index is 1120. The Labute approximate surface area is 163 Å². The number of rotatable bonds is 5. The monoisotopic (exact) mass is 403 g/mol.